The first-order valence-corrected chi connectivity index (χ1v) is 11.9. The summed E-state index contributed by atoms with van der Waals surface area (Å²) in [5.74, 6) is 0.340. The molecule has 3 N–H and O–H groups in total. The van der Waals surface area contributed by atoms with Crippen LogP contribution >= 0.6 is 0 Å². The first-order chi connectivity index (χ1) is 17.4. The lowest BCUT2D eigenvalue weighted by atomic mass is 9.98. The number of nitrogens with zero attached hydrogens (tertiary/aromatic N) is 3. The minimum absolute atomic E-state index is 0.137. The highest BCUT2D eigenvalue weighted by atomic mass is 19.1. The van der Waals surface area contributed by atoms with Gasteiger partial charge in [0.25, 0.3) is 0 Å². The lowest BCUT2D eigenvalue weighted by molar-refractivity contribution is -0.117. The van der Waals surface area contributed by atoms with Gasteiger partial charge in [-0.1, -0.05) is 18.2 Å². The van der Waals surface area contributed by atoms with Crippen molar-refractivity contribution >= 4 is 23.0 Å². The van der Waals surface area contributed by atoms with Crippen LogP contribution in [0, 0.1) is 18.7 Å². The molecule has 0 atom stereocenters. The van der Waals surface area contributed by atoms with E-state index < -0.39 is 11.7 Å². The van der Waals surface area contributed by atoms with E-state index in [0.29, 0.717) is 41.7 Å². The van der Waals surface area contributed by atoms with E-state index in [2.05, 4.69) is 15.4 Å². The zero-order valence-corrected chi connectivity index (χ0v) is 19.8. The zero-order valence-electron chi connectivity index (χ0n) is 19.8. The van der Waals surface area contributed by atoms with Crippen molar-refractivity contribution in [3.05, 3.63) is 71.7 Å². The molecule has 1 fully saturated rings. The molecule has 36 heavy (non-hydrogen) atoms. The molecule has 4 aromatic rings. The number of carbonyl (C=O) groups is 2. The zero-order chi connectivity index (χ0) is 25.2. The van der Waals surface area contributed by atoms with Crippen molar-refractivity contribution in [2.75, 3.05) is 11.9 Å². The Morgan fingerprint density at radius 3 is 2.75 bits per heavy atom. The second-order valence-corrected chi connectivity index (χ2v) is 9.08. The molecule has 5 rings (SSSR count). The number of benzene rings is 2. The standard InChI is InChI=1S/C27H26FN5O3/c1-16-11-18(7-8-21(16)24(34)12-17-5-6-17)23-15-31-27-22(30-10-9-25(29)35)14-26(32-33(23)27)36-20-4-2-3-19(28)13-20/h2-4,7-8,11,13-15,17,30H,5-6,9-10,12H2,1H3,(H2,29,35). The number of primary amides is 1. The third-order valence-electron chi connectivity index (χ3n) is 6.14. The minimum Gasteiger partial charge on any atom is -0.437 e. The number of nitrogens with one attached hydrogen (secondary N) is 1. The van der Waals surface area contributed by atoms with E-state index in [1.165, 1.54) is 12.1 Å². The normalized spacial score (nSPS) is 13.1. The van der Waals surface area contributed by atoms with Gasteiger partial charge in [0, 0.05) is 42.6 Å². The van der Waals surface area contributed by atoms with Gasteiger partial charge in [0.2, 0.25) is 11.8 Å². The van der Waals surface area contributed by atoms with E-state index in [1.807, 2.05) is 25.1 Å². The molecule has 0 saturated heterocycles. The molecule has 2 aromatic heterocycles. The van der Waals surface area contributed by atoms with Crippen molar-refractivity contribution in [2.45, 2.75) is 32.6 Å². The molecule has 1 saturated carbocycles. The Balaban J connectivity index is 1.52. The van der Waals surface area contributed by atoms with Gasteiger partial charge in [-0.2, -0.15) is 0 Å². The van der Waals surface area contributed by atoms with Crippen molar-refractivity contribution in [3.63, 3.8) is 0 Å². The van der Waals surface area contributed by atoms with Crippen LogP contribution in [0.5, 0.6) is 11.6 Å². The summed E-state index contributed by atoms with van der Waals surface area (Å²) in [6.45, 7) is 2.23. The van der Waals surface area contributed by atoms with Gasteiger partial charge in [-0.15, -0.1) is 5.10 Å². The molecule has 0 unspecified atom stereocenters. The van der Waals surface area contributed by atoms with E-state index in [0.717, 1.165) is 29.5 Å². The monoisotopic (exact) mass is 487 g/mol. The third kappa shape index (κ3) is 5.19. The molecule has 0 aliphatic heterocycles. The van der Waals surface area contributed by atoms with E-state index in [9.17, 15) is 14.0 Å². The molecule has 0 bridgehead atoms. The molecule has 8 nitrogen and oxygen atoms in total. The van der Waals surface area contributed by atoms with Crippen LogP contribution in [0.4, 0.5) is 10.1 Å². The highest BCUT2D eigenvalue weighted by molar-refractivity contribution is 5.98. The molecule has 0 radical (unpaired) electrons. The maximum absolute atomic E-state index is 13.7. The molecule has 1 aliphatic carbocycles. The number of halogens is 1. The topological polar surface area (TPSA) is 112 Å². The van der Waals surface area contributed by atoms with Crippen LogP contribution in [0.15, 0.2) is 54.7 Å². The Labute approximate surface area is 207 Å². The number of fused-ring (bicyclic) bond motifs is 1. The molecule has 184 valence electrons. The van der Waals surface area contributed by atoms with Gasteiger partial charge in [0.1, 0.15) is 11.6 Å². The van der Waals surface area contributed by atoms with Crippen molar-refractivity contribution in [3.8, 4) is 22.9 Å². The van der Waals surface area contributed by atoms with Crippen LogP contribution in [-0.2, 0) is 4.79 Å². The Bertz CT molecular complexity index is 1460. The number of imidazole rings is 1. The Morgan fingerprint density at radius 2 is 2.03 bits per heavy atom. The average molecular weight is 488 g/mol. The molecule has 1 aliphatic rings. The number of ketones is 1. The smallest absolute Gasteiger partial charge is 0.239 e. The van der Waals surface area contributed by atoms with Crippen molar-refractivity contribution in [1.82, 2.24) is 14.6 Å². The number of rotatable bonds is 10. The van der Waals surface area contributed by atoms with E-state index in [-0.39, 0.29) is 18.1 Å². The predicted molar refractivity (Wildman–Crippen MR) is 134 cm³/mol. The maximum Gasteiger partial charge on any atom is 0.239 e. The Kier molecular flexibility index (Phi) is 6.37. The summed E-state index contributed by atoms with van der Waals surface area (Å²) in [5, 5.41) is 7.74. The van der Waals surface area contributed by atoms with Gasteiger partial charge < -0.3 is 15.8 Å². The fourth-order valence-corrected chi connectivity index (χ4v) is 4.12. The van der Waals surface area contributed by atoms with Gasteiger partial charge in [-0.25, -0.2) is 13.9 Å². The number of anilines is 1. The first-order valence-electron chi connectivity index (χ1n) is 11.9. The lowest BCUT2D eigenvalue weighted by Gasteiger charge is -2.12. The first kappa shape index (κ1) is 23.5. The summed E-state index contributed by atoms with van der Waals surface area (Å²) in [5.41, 5.74) is 9.53. The molecule has 1 amide bonds. The summed E-state index contributed by atoms with van der Waals surface area (Å²) >= 11 is 0. The van der Waals surface area contributed by atoms with Gasteiger partial charge >= 0.3 is 0 Å². The summed E-state index contributed by atoms with van der Waals surface area (Å²) in [7, 11) is 0. The molecular weight excluding hydrogens is 461 g/mol. The number of aromatic nitrogens is 3. The number of amides is 1. The van der Waals surface area contributed by atoms with Crippen molar-refractivity contribution in [1.29, 1.82) is 0 Å². The average Bonchev–Trinajstić information content (AvgIpc) is 3.54. The van der Waals surface area contributed by atoms with Crippen LogP contribution < -0.4 is 15.8 Å². The lowest BCUT2D eigenvalue weighted by Crippen LogP contribution is -2.16. The summed E-state index contributed by atoms with van der Waals surface area (Å²) < 4.78 is 21.1. The molecule has 2 heterocycles. The quantitative estimate of drug-likeness (QED) is 0.308. The Hall–Kier alpha value is -4.27. The SMILES string of the molecule is Cc1cc(-c2cnc3c(NCCC(N)=O)cc(Oc4cccc(F)c4)nn23)ccc1C(=O)CC1CC1. The van der Waals surface area contributed by atoms with E-state index in [1.54, 1.807) is 28.9 Å². The second-order valence-electron chi connectivity index (χ2n) is 9.08. The second kappa shape index (κ2) is 9.77. The van der Waals surface area contributed by atoms with E-state index >= 15 is 0 Å². The molecule has 2 aromatic carbocycles. The van der Waals surface area contributed by atoms with Crippen LogP contribution in [-0.4, -0.2) is 32.8 Å². The van der Waals surface area contributed by atoms with Crippen LogP contribution in [0.2, 0.25) is 0 Å². The number of hydrogen-bond acceptors (Lipinski definition) is 6. The summed E-state index contributed by atoms with van der Waals surface area (Å²) in [6.07, 6.45) is 4.68. The summed E-state index contributed by atoms with van der Waals surface area (Å²) in [4.78, 5) is 28.4. The fraction of sp³-hybridized carbons (Fsp3) is 0.259. The number of aryl methyl sites for hydroxylation is 1. The number of nitrogens with two attached hydrogens (primary N) is 1. The third-order valence-corrected chi connectivity index (χ3v) is 6.14. The number of carbonyl (C=O) groups excluding carboxylic acids is 2. The maximum atomic E-state index is 13.7. The number of hydrogen-bond donors (Lipinski definition) is 2. The van der Waals surface area contributed by atoms with E-state index in [4.69, 9.17) is 10.5 Å². The molecule has 0 spiro atoms. The van der Waals surface area contributed by atoms with Gasteiger partial charge in [-0.3, -0.25) is 9.59 Å². The number of ether oxygens (including phenoxy) is 1. The highest BCUT2D eigenvalue weighted by Crippen LogP contribution is 2.35. The van der Waals surface area contributed by atoms with Crippen molar-refractivity contribution < 1.29 is 18.7 Å². The minimum atomic E-state index is -0.431. The summed E-state index contributed by atoms with van der Waals surface area (Å²) in [6, 6.07) is 13.1. The van der Waals surface area contributed by atoms with Crippen LogP contribution in [0.25, 0.3) is 16.9 Å². The fourth-order valence-electron chi connectivity index (χ4n) is 4.12. The highest BCUT2D eigenvalue weighted by Gasteiger charge is 2.25. The Morgan fingerprint density at radius 1 is 1.19 bits per heavy atom. The van der Waals surface area contributed by atoms with Crippen molar-refractivity contribution in [2.24, 2.45) is 11.7 Å². The largest absolute Gasteiger partial charge is 0.437 e. The molecular formula is C27H26FN5O3. The predicted octanol–water partition coefficient (Wildman–Crippen LogP) is 4.91. The van der Waals surface area contributed by atoms with Crippen LogP contribution in [0.3, 0.4) is 0 Å². The van der Waals surface area contributed by atoms with Gasteiger partial charge in [0.15, 0.2) is 11.4 Å². The van der Waals surface area contributed by atoms with Gasteiger partial charge in [-0.05, 0) is 49.4 Å². The molecule has 9 heteroatoms. The number of Topliss-reactive ketones (excluding diaryl/α,β-unsaturated/α-hetero) is 1. The van der Waals surface area contributed by atoms with Gasteiger partial charge in [0.05, 0.1) is 17.6 Å². The van der Waals surface area contributed by atoms with Crippen LogP contribution in [0.1, 0.15) is 41.6 Å².